The van der Waals surface area contributed by atoms with E-state index in [1.165, 1.54) is 6.07 Å². The van der Waals surface area contributed by atoms with E-state index in [4.69, 9.17) is 0 Å². The van der Waals surface area contributed by atoms with Crippen molar-refractivity contribution < 1.29 is 15.1 Å². The number of anilines is 1. The molecule has 1 aliphatic heterocycles. The Labute approximate surface area is 195 Å². The number of likely N-dealkylation sites (tertiary alicyclic amines) is 1. The number of hydrogen-bond acceptors (Lipinski definition) is 8. The van der Waals surface area contributed by atoms with Crippen molar-refractivity contribution in [2.24, 2.45) is 0 Å². The van der Waals surface area contributed by atoms with E-state index >= 15 is 0 Å². The van der Waals surface area contributed by atoms with Gasteiger partial charge in [0, 0.05) is 43.2 Å². The van der Waals surface area contributed by atoms with Gasteiger partial charge >= 0.3 is 0 Å². The van der Waals surface area contributed by atoms with Gasteiger partial charge < -0.3 is 15.5 Å². The molecule has 0 amide bonds. The zero-order valence-corrected chi connectivity index (χ0v) is 18.8. The van der Waals surface area contributed by atoms with Crippen LogP contribution in [0.2, 0.25) is 0 Å². The van der Waals surface area contributed by atoms with Gasteiger partial charge in [-0.05, 0) is 50.4 Å². The summed E-state index contributed by atoms with van der Waals surface area (Å²) < 4.78 is 0. The highest BCUT2D eigenvalue weighted by Crippen LogP contribution is 2.29. The van der Waals surface area contributed by atoms with Crippen LogP contribution >= 0.6 is 0 Å². The third-order valence-electron chi connectivity index (χ3n) is 5.73. The summed E-state index contributed by atoms with van der Waals surface area (Å²) in [5.74, 6) is 0.462. The van der Waals surface area contributed by atoms with E-state index in [1.807, 2.05) is 0 Å². The number of unbranched alkanes of at least 4 members (excludes halogenated alkanes) is 3. The van der Waals surface area contributed by atoms with E-state index in [9.17, 15) is 20.3 Å². The van der Waals surface area contributed by atoms with Crippen molar-refractivity contribution in [1.29, 1.82) is 0 Å². The standard InChI is InChI=1S/C22H31N5O4.C2H2/c28-16-18-15-19(29)8-13-26(18)12-4-2-1-3-9-23-20-7-6-17(14-21(20)27(30)31)22-24-10-5-11-25-22;1-2/h5-7,10-11,14,18-19,23,28-29H,1-4,8-9,12-13,15-16H2;1-2H/t18-,19+;/m0./s1. The van der Waals surface area contributed by atoms with Crippen LogP contribution in [0.25, 0.3) is 11.4 Å². The molecule has 0 saturated carbocycles. The number of aliphatic hydroxyl groups excluding tert-OH is 2. The molecule has 2 atom stereocenters. The van der Waals surface area contributed by atoms with Crippen LogP contribution in [0.15, 0.2) is 36.7 Å². The fourth-order valence-electron chi connectivity index (χ4n) is 4.00. The van der Waals surface area contributed by atoms with Gasteiger partial charge in [0.15, 0.2) is 5.82 Å². The summed E-state index contributed by atoms with van der Waals surface area (Å²) in [7, 11) is 0. The summed E-state index contributed by atoms with van der Waals surface area (Å²) in [6.07, 6.45) is 16.4. The van der Waals surface area contributed by atoms with E-state index in [0.29, 0.717) is 30.0 Å². The van der Waals surface area contributed by atoms with Crippen molar-refractivity contribution in [3.05, 3.63) is 46.8 Å². The lowest BCUT2D eigenvalue weighted by Gasteiger charge is -2.36. The van der Waals surface area contributed by atoms with Crippen LogP contribution in [0, 0.1) is 23.0 Å². The quantitative estimate of drug-likeness (QED) is 0.204. The molecule has 1 saturated heterocycles. The summed E-state index contributed by atoms with van der Waals surface area (Å²) in [6, 6.07) is 6.78. The van der Waals surface area contributed by atoms with Crippen molar-refractivity contribution in [2.75, 3.05) is 31.6 Å². The van der Waals surface area contributed by atoms with Crippen molar-refractivity contribution in [2.45, 2.75) is 50.7 Å². The second kappa shape index (κ2) is 14.2. The smallest absolute Gasteiger partial charge is 0.293 e. The van der Waals surface area contributed by atoms with Crippen molar-refractivity contribution in [3.63, 3.8) is 0 Å². The first kappa shape index (κ1) is 26.2. The van der Waals surface area contributed by atoms with Crippen LogP contribution in [0.4, 0.5) is 11.4 Å². The molecule has 33 heavy (non-hydrogen) atoms. The highest BCUT2D eigenvalue weighted by atomic mass is 16.6. The number of terminal acetylenes is 1. The Bertz CT molecular complexity index is 878. The first-order chi connectivity index (χ1) is 16.1. The van der Waals surface area contributed by atoms with Crippen LogP contribution in [-0.2, 0) is 0 Å². The molecule has 3 rings (SSSR count). The van der Waals surface area contributed by atoms with E-state index in [0.717, 1.165) is 45.2 Å². The number of hydrogen-bond donors (Lipinski definition) is 3. The van der Waals surface area contributed by atoms with Gasteiger partial charge in [-0.2, -0.15) is 0 Å². The average Bonchev–Trinajstić information content (AvgIpc) is 2.85. The molecule has 0 spiro atoms. The molecule has 0 radical (unpaired) electrons. The summed E-state index contributed by atoms with van der Waals surface area (Å²) >= 11 is 0. The van der Waals surface area contributed by atoms with E-state index in [-0.39, 0.29) is 29.4 Å². The van der Waals surface area contributed by atoms with Gasteiger partial charge in [-0.3, -0.25) is 15.0 Å². The molecule has 9 heteroatoms. The number of piperidine rings is 1. The SMILES string of the molecule is C#C.O=[N+]([O-])c1cc(-c2ncccn2)ccc1NCCCCCCN1CC[C@@H](O)C[C@H]1CO. The summed E-state index contributed by atoms with van der Waals surface area (Å²) in [4.78, 5) is 21.7. The lowest BCUT2D eigenvalue weighted by molar-refractivity contribution is -0.383. The maximum Gasteiger partial charge on any atom is 0.293 e. The van der Waals surface area contributed by atoms with Gasteiger partial charge in [0.2, 0.25) is 0 Å². The first-order valence-electron chi connectivity index (χ1n) is 11.2. The van der Waals surface area contributed by atoms with Crippen molar-refractivity contribution in [1.82, 2.24) is 14.9 Å². The summed E-state index contributed by atoms with van der Waals surface area (Å²) in [5, 5.41) is 33.9. The Balaban J connectivity index is 0.00000187. The fourth-order valence-corrected chi connectivity index (χ4v) is 4.00. The first-order valence-corrected chi connectivity index (χ1v) is 11.2. The Morgan fingerprint density at radius 3 is 2.61 bits per heavy atom. The Hall–Kier alpha value is -3.06. The Morgan fingerprint density at radius 2 is 1.91 bits per heavy atom. The highest BCUT2D eigenvalue weighted by molar-refractivity contribution is 5.70. The minimum absolute atomic E-state index is 0.0206. The zero-order chi connectivity index (χ0) is 24.1. The molecule has 0 aliphatic carbocycles. The third kappa shape index (κ3) is 8.09. The van der Waals surface area contributed by atoms with Gasteiger partial charge in [-0.25, -0.2) is 9.97 Å². The van der Waals surface area contributed by atoms with E-state index < -0.39 is 0 Å². The van der Waals surface area contributed by atoms with Gasteiger partial charge in [0.1, 0.15) is 5.69 Å². The zero-order valence-electron chi connectivity index (χ0n) is 18.8. The Morgan fingerprint density at radius 1 is 1.18 bits per heavy atom. The number of aliphatic hydroxyl groups is 2. The molecule has 178 valence electrons. The summed E-state index contributed by atoms with van der Waals surface area (Å²) in [6.45, 7) is 2.52. The predicted molar refractivity (Wildman–Crippen MR) is 129 cm³/mol. The van der Waals surface area contributed by atoms with Crippen LogP contribution in [-0.4, -0.2) is 68.4 Å². The molecule has 1 aromatic heterocycles. The topological polar surface area (TPSA) is 125 Å². The lowest BCUT2D eigenvalue weighted by Crippen LogP contribution is -2.46. The molecule has 9 nitrogen and oxygen atoms in total. The molecule has 2 aromatic rings. The monoisotopic (exact) mass is 455 g/mol. The molecular formula is C24H33N5O4. The van der Waals surface area contributed by atoms with Crippen molar-refractivity contribution >= 4 is 11.4 Å². The van der Waals surface area contributed by atoms with Gasteiger partial charge in [0.05, 0.1) is 17.6 Å². The minimum atomic E-state index is -0.387. The Kier molecular flexibility index (Phi) is 11.2. The fraction of sp³-hybridized carbons (Fsp3) is 0.500. The molecule has 3 N–H and O–H groups in total. The number of nitro benzene ring substituents is 1. The molecular weight excluding hydrogens is 422 g/mol. The normalized spacial score (nSPS) is 18.2. The molecule has 1 aromatic carbocycles. The second-order valence-electron chi connectivity index (χ2n) is 7.95. The van der Waals surface area contributed by atoms with Crippen LogP contribution < -0.4 is 5.32 Å². The summed E-state index contributed by atoms with van der Waals surface area (Å²) in [5.41, 5.74) is 1.14. The molecule has 1 fully saturated rings. The number of nitro groups is 1. The van der Waals surface area contributed by atoms with Gasteiger partial charge in [-0.1, -0.05) is 12.8 Å². The highest BCUT2D eigenvalue weighted by Gasteiger charge is 2.26. The van der Waals surface area contributed by atoms with Crippen molar-refractivity contribution in [3.8, 4) is 24.2 Å². The molecule has 1 aliphatic rings. The number of nitrogens with one attached hydrogen (secondary N) is 1. The minimum Gasteiger partial charge on any atom is -0.395 e. The molecule has 0 unspecified atom stereocenters. The number of nitrogens with zero attached hydrogens (tertiary/aromatic N) is 4. The second-order valence-corrected chi connectivity index (χ2v) is 7.95. The number of aromatic nitrogens is 2. The molecule has 0 bridgehead atoms. The van der Waals surface area contributed by atoms with E-state index in [2.05, 4.69) is 33.0 Å². The lowest BCUT2D eigenvalue weighted by atomic mass is 9.99. The number of benzene rings is 1. The largest absolute Gasteiger partial charge is 0.395 e. The van der Waals surface area contributed by atoms with Crippen LogP contribution in [0.3, 0.4) is 0 Å². The third-order valence-corrected chi connectivity index (χ3v) is 5.73. The predicted octanol–water partition coefficient (Wildman–Crippen LogP) is 3.09. The average molecular weight is 456 g/mol. The van der Waals surface area contributed by atoms with Gasteiger partial charge in [-0.15, -0.1) is 12.8 Å². The van der Waals surface area contributed by atoms with Crippen LogP contribution in [0.1, 0.15) is 38.5 Å². The maximum absolute atomic E-state index is 11.5. The molecule has 2 heterocycles. The number of rotatable bonds is 11. The van der Waals surface area contributed by atoms with E-state index in [1.54, 1.807) is 30.6 Å². The maximum atomic E-state index is 11.5. The van der Waals surface area contributed by atoms with Gasteiger partial charge in [0.25, 0.3) is 5.69 Å². The van der Waals surface area contributed by atoms with Crippen LogP contribution in [0.5, 0.6) is 0 Å².